The molecule has 0 atom stereocenters. The van der Waals surface area contributed by atoms with Crippen molar-refractivity contribution in [3.63, 3.8) is 0 Å². The van der Waals surface area contributed by atoms with Crippen LogP contribution in [0.15, 0.2) is 42.5 Å². The van der Waals surface area contributed by atoms with Crippen LogP contribution in [0.25, 0.3) is 10.2 Å². The van der Waals surface area contributed by atoms with Gasteiger partial charge in [-0.3, -0.25) is 4.79 Å². The number of ketones is 1. The Kier molecular flexibility index (Phi) is 3.28. The molecule has 0 N–H and O–H groups in total. The molecule has 0 spiro atoms. The molecule has 0 aliphatic rings. The zero-order valence-electron chi connectivity index (χ0n) is 10.3. The van der Waals surface area contributed by atoms with Gasteiger partial charge >= 0.3 is 0 Å². The molecular formula is C15H9F2NOS. The predicted molar refractivity (Wildman–Crippen MR) is 74.0 cm³/mol. The molecule has 0 aliphatic carbocycles. The third-order valence-corrected chi connectivity index (χ3v) is 3.98. The molecule has 0 fully saturated rings. The molecule has 20 heavy (non-hydrogen) atoms. The van der Waals surface area contributed by atoms with Gasteiger partial charge in [0.2, 0.25) is 0 Å². The Morgan fingerprint density at radius 3 is 2.70 bits per heavy atom. The summed E-state index contributed by atoms with van der Waals surface area (Å²) in [6, 6.07) is 10.6. The first kappa shape index (κ1) is 12.9. The van der Waals surface area contributed by atoms with Crippen molar-refractivity contribution in [3.8, 4) is 0 Å². The second-order valence-electron chi connectivity index (χ2n) is 4.32. The number of aromatic nitrogens is 1. The molecule has 1 heterocycles. The summed E-state index contributed by atoms with van der Waals surface area (Å²) >= 11 is 1.28. The molecule has 5 heteroatoms. The van der Waals surface area contributed by atoms with Crippen molar-refractivity contribution in [3.05, 3.63) is 64.7 Å². The molecule has 0 saturated heterocycles. The molecule has 2 nitrogen and oxygen atoms in total. The second-order valence-corrected chi connectivity index (χ2v) is 5.35. The number of hydrogen-bond donors (Lipinski definition) is 0. The third kappa shape index (κ3) is 2.44. The maximum absolute atomic E-state index is 13.5. The van der Waals surface area contributed by atoms with Crippen LogP contribution in [-0.2, 0) is 6.42 Å². The largest absolute Gasteiger partial charge is 0.291 e. The quantitative estimate of drug-likeness (QED) is 0.682. The van der Waals surface area contributed by atoms with Crippen molar-refractivity contribution in [1.29, 1.82) is 0 Å². The lowest BCUT2D eigenvalue weighted by atomic mass is 10.1. The molecule has 0 saturated carbocycles. The van der Waals surface area contributed by atoms with Gasteiger partial charge in [0.15, 0.2) is 10.8 Å². The zero-order valence-corrected chi connectivity index (χ0v) is 11.1. The minimum atomic E-state index is -0.709. The number of para-hydroxylation sites is 1. The number of Topliss-reactive ketones (excluding diaryl/α,β-unsaturated/α-hetero) is 1. The zero-order chi connectivity index (χ0) is 14.1. The molecular weight excluding hydrogens is 280 g/mol. The summed E-state index contributed by atoms with van der Waals surface area (Å²) in [6.07, 6.45) is -0.119. The number of nitrogens with zero attached hydrogens (tertiary/aromatic N) is 1. The highest BCUT2D eigenvalue weighted by Crippen LogP contribution is 2.23. The molecule has 3 aromatic rings. The lowest BCUT2D eigenvalue weighted by Gasteiger charge is -2.00. The summed E-state index contributed by atoms with van der Waals surface area (Å²) in [7, 11) is 0. The van der Waals surface area contributed by atoms with E-state index in [2.05, 4.69) is 4.98 Å². The predicted octanol–water partition coefficient (Wildman–Crippen LogP) is 4.00. The topological polar surface area (TPSA) is 30.0 Å². The highest BCUT2D eigenvalue weighted by atomic mass is 32.1. The highest BCUT2D eigenvalue weighted by molar-refractivity contribution is 7.20. The van der Waals surface area contributed by atoms with Gasteiger partial charge in [0.1, 0.15) is 11.6 Å². The lowest BCUT2D eigenvalue weighted by molar-refractivity contribution is 0.0991. The molecule has 0 aliphatic heterocycles. The van der Waals surface area contributed by atoms with E-state index < -0.39 is 11.6 Å². The number of carbonyl (C=O) groups excluding carboxylic acids is 1. The van der Waals surface area contributed by atoms with E-state index in [1.807, 2.05) is 24.3 Å². The van der Waals surface area contributed by atoms with Crippen LogP contribution in [0.5, 0.6) is 0 Å². The fraction of sp³-hybridized carbons (Fsp3) is 0.0667. The van der Waals surface area contributed by atoms with E-state index in [1.165, 1.54) is 17.4 Å². The number of halogens is 2. The minimum Gasteiger partial charge on any atom is -0.291 e. The van der Waals surface area contributed by atoms with Gasteiger partial charge < -0.3 is 0 Å². The van der Waals surface area contributed by atoms with Gasteiger partial charge in [-0.25, -0.2) is 13.8 Å². The normalized spacial score (nSPS) is 10.9. The Labute approximate surface area is 117 Å². The smallest absolute Gasteiger partial charge is 0.195 e. The Morgan fingerprint density at radius 2 is 1.95 bits per heavy atom. The van der Waals surface area contributed by atoms with E-state index in [1.54, 1.807) is 0 Å². The highest BCUT2D eigenvalue weighted by Gasteiger charge is 2.15. The number of benzene rings is 2. The fourth-order valence-electron chi connectivity index (χ4n) is 1.91. The molecule has 2 aromatic carbocycles. The van der Waals surface area contributed by atoms with Crippen molar-refractivity contribution < 1.29 is 13.6 Å². The van der Waals surface area contributed by atoms with Gasteiger partial charge in [0, 0.05) is 12.5 Å². The van der Waals surface area contributed by atoms with Gasteiger partial charge in [-0.05, 0) is 23.8 Å². The van der Waals surface area contributed by atoms with E-state index in [-0.39, 0.29) is 17.8 Å². The van der Waals surface area contributed by atoms with Crippen LogP contribution < -0.4 is 0 Å². The Morgan fingerprint density at radius 1 is 1.15 bits per heavy atom. The van der Waals surface area contributed by atoms with Crippen molar-refractivity contribution in [2.75, 3.05) is 0 Å². The van der Waals surface area contributed by atoms with Crippen LogP contribution in [-0.4, -0.2) is 10.8 Å². The van der Waals surface area contributed by atoms with Crippen molar-refractivity contribution in [1.82, 2.24) is 4.98 Å². The standard InChI is InChI=1S/C15H9F2NOS/c16-10-6-5-9(11(17)8-10)7-13(19)15-18-12-3-1-2-4-14(12)20-15/h1-6,8H,7H2. The number of hydrogen-bond acceptors (Lipinski definition) is 3. The summed E-state index contributed by atoms with van der Waals surface area (Å²) in [6.45, 7) is 0. The van der Waals surface area contributed by atoms with E-state index >= 15 is 0 Å². The summed E-state index contributed by atoms with van der Waals surface area (Å²) < 4.78 is 27.2. The van der Waals surface area contributed by atoms with Gasteiger partial charge in [0.25, 0.3) is 0 Å². The molecule has 0 bridgehead atoms. The van der Waals surface area contributed by atoms with E-state index in [0.29, 0.717) is 5.01 Å². The van der Waals surface area contributed by atoms with Crippen molar-refractivity contribution in [2.45, 2.75) is 6.42 Å². The maximum Gasteiger partial charge on any atom is 0.195 e. The van der Waals surface area contributed by atoms with Crippen LogP contribution in [0, 0.1) is 11.6 Å². The molecule has 1 aromatic heterocycles. The third-order valence-electron chi connectivity index (χ3n) is 2.90. The first-order chi connectivity index (χ1) is 9.63. The Balaban J connectivity index is 1.89. The number of fused-ring (bicyclic) bond motifs is 1. The summed E-state index contributed by atoms with van der Waals surface area (Å²) in [5.41, 5.74) is 0.927. The molecule has 0 unspecified atom stereocenters. The second kappa shape index (κ2) is 5.09. The van der Waals surface area contributed by atoms with E-state index in [9.17, 15) is 13.6 Å². The van der Waals surface area contributed by atoms with Gasteiger partial charge in [-0.1, -0.05) is 18.2 Å². The van der Waals surface area contributed by atoms with E-state index in [4.69, 9.17) is 0 Å². The maximum atomic E-state index is 13.5. The van der Waals surface area contributed by atoms with Gasteiger partial charge in [0.05, 0.1) is 10.2 Å². The average Bonchev–Trinajstić information content (AvgIpc) is 2.86. The number of carbonyl (C=O) groups is 1. The van der Waals surface area contributed by atoms with Crippen LogP contribution in [0.2, 0.25) is 0 Å². The number of thiazole rings is 1. The fourth-order valence-corrected chi connectivity index (χ4v) is 2.81. The van der Waals surface area contributed by atoms with E-state index in [0.717, 1.165) is 22.3 Å². The average molecular weight is 289 g/mol. The minimum absolute atomic E-state index is 0.119. The van der Waals surface area contributed by atoms with Gasteiger partial charge in [-0.15, -0.1) is 11.3 Å². The molecule has 0 radical (unpaired) electrons. The Hall–Kier alpha value is -2.14. The first-order valence-electron chi connectivity index (χ1n) is 5.96. The summed E-state index contributed by atoms with van der Waals surface area (Å²) in [5, 5.41) is 0.343. The Bertz CT molecular complexity index is 764. The SMILES string of the molecule is O=C(Cc1ccc(F)cc1F)c1nc2ccccc2s1. The van der Waals surface area contributed by atoms with Crippen molar-refractivity contribution >= 4 is 27.3 Å². The summed E-state index contributed by atoms with van der Waals surface area (Å²) in [4.78, 5) is 16.3. The first-order valence-corrected chi connectivity index (χ1v) is 6.78. The van der Waals surface area contributed by atoms with Crippen LogP contribution in [0.1, 0.15) is 15.4 Å². The van der Waals surface area contributed by atoms with Crippen molar-refractivity contribution in [2.24, 2.45) is 0 Å². The molecule has 100 valence electrons. The van der Waals surface area contributed by atoms with Crippen LogP contribution in [0.4, 0.5) is 8.78 Å². The van der Waals surface area contributed by atoms with Crippen LogP contribution >= 0.6 is 11.3 Å². The van der Waals surface area contributed by atoms with Crippen LogP contribution in [0.3, 0.4) is 0 Å². The van der Waals surface area contributed by atoms with Gasteiger partial charge in [-0.2, -0.15) is 0 Å². The number of rotatable bonds is 3. The monoisotopic (exact) mass is 289 g/mol. The summed E-state index contributed by atoms with van der Waals surface area (Å²) in [5.74, 6) is -1.63. The molecule has 3 rings (SSSR count). The lowest BCUT2D eigenvalue weighted by Crippen LogP contribution is -2.05. The molecule has 0 amide bonds.